The predicted octanol–water partition coefficient (Wildman–Crippen LogP) is 2.78. The zero-order valence-corrected chi connectivity index (χ0v) is 11.7. The van der Waals surface area contributed by atoms with E-state index in [9.17, 15) is 10.1 Å². The third-order valence-corrected chi connectivity index (χ3v) is 4.61. The van der Waals surface area contributed by atoms with E-state index >= 15 is 0 Å². The molecule has 0 amide bonds. The Labute approximate surface area is 116 Å². The number of nitro benzene ring substituents is 1. The molecule has 1 saturated carbocycles. The van der Waals surface area contributed by atoms with Gasteiger partial charge in [0.1, 0.15) is 5.69 Å². The second kappa shape index (κ2) is 6.25. The molecule has 1 aliphatic carbocycles. The van der Waals surface area contributed by atoms with Gasteiger partial charge in [0.15, 0.2) is 0 Å². The van der Waals surface area contributed by atoms with Crippen molar-refractivity contribution in [3.63, 3.8) is 0 Å². The summed E-state index contributed by atoms with van der Waals surface area (Å²) < 4.78 is 0. The topological polar surface area (TPSA) is 75.4 Å². The molecule has 0 bridgehead atoms. The fraction of sp³-hybridized carbons (Fsp3) is 0.538. The number of aliphatic hydroxyl groups excluding tert-OH is 1. The highest BCUT2D eigenvalue weighted by Gasteiger charge is 2.25. The van der Waals surface area contributed by atoms with Crippen LogP contribution in [0.2, 0.25) is 0 Å². The largest absolute Gasteiger partial charge is 0.392 e. The van der Waals surface area contributed by atoms with Gasteiger partial charge < -0.3 is 10.4 Å². The average Bonchev–Trinajstić information content (AvgIpc) is 2.86. The lowest BCUT2D eigenvalue weighted by Crippen LogP contribution is -2.17. The van der Waals surface area contributed by atoms with Crippen molar-refractivity contribution in [2.24, 2.45) is 0 Å². The Morgan fingerprint density at radius 3 is 2.89 bits per heavy atom. The van der Waals surface area contributed by atoms with Crippen LogP contribution in [0.1, 0.15) is 24.8 Å². The number of aliphatic hydroxyl groups is 1. The summed E-state index contributed by atoms with van der Waals surface area (Å²) in [6, 6.07) is 4.99. The molecule has 5 nitrogen and oxygen atoms in total. The van der Waals surface area contributed by atoms with Gasteiger partial charge in [-0.2, -0.15) is 11.8 Å². The normalized spacial score (nSPS) is 22.4. The van der Waals surface area contributed by atoms with Crippen molar-refractivity contribution in [1.82, 2.24) is 0 Å². The van der Waals surface area contributed by atoms with Gasteiger partial charge >= 0.3 is 0 Å². The van der Waals surface area contributed by atoms with Crippen molar-refractivity contribution in [2.75, 3.05) is 11.6 Å². The number of nitrogens with one attached hydrogen (secondary N) is 1. The van der Waals surface area contributed by atoms with Gasteiger partial charge in [0.2, 0.25) is 0 Å². The van der Waals surface area contributed by atoms with E-state index in [2.05, 4.69) is 11.6 Å². The molecule has 2 unspecified atom stereocenters. The number of benzene rings is 1. The van der Waals surface area contributed by atoms with Gasteiger partial charge in [-0.05, 0) is 43.2 Å². The molecular formula is C13H18N2O3S. The highest BCUT2D eigenvalue weighted by Crippen LogP contribution is 2.33. The van der Waals surface area contributed by atoms with E-state index in [4.69, 9.17) is 5.11 Å². The zero-order valence-electron chi connectivity index (χ0n) is 10.8. The minimum atomic E-state index is -0.384. The van der Waals surface area contributed by atoms with Crippen molar-refractivity contribution in [2.45, 2.75) is 37.2 Å². The van der Waals surface area contributed by atoms with Crippen molar-refractivity contribution >= 4 is 23.1 Å². The summed E-state index contributed by atoms with van der Waals surface area (Å²) in [7, 11) is 0. The molecule has 2 rings (SSSR count). The molecule has 0 heterocycles. The van der Waals surface area contributed by atoms with Crippen molar-refractivity contribution in [1.29, 1.82) is 0 Å². The summed E-state index contributed by atoms with van der Waals surface area (Å²) in [6.07, 6.45) is 5.31. The van der Waals surface area contributed by atoms with E-state index in [1.165, 1.54) is 6.07 Å². The highest BCUT2D eigenvalue weighted by molar-refractivity contribution is 7.99. The maximum atomic E-state index is 11.0. The van der Waals surface area contributed by atoms with Crippen LogP contribution in [-0.2, 0) is 6.61 Å². The van der Waals surface area contributed by atoms with Crippen molar-refractivity contribution in [3.8, 4) is 0 Å². The van der Waals surface area contributed by atoms with Gasteiger partial charge in [-0.3, -0.25) is 10.1 Å². The second-order valence-corrected chi connectivity index (χ2v) is 5.92. The molecule has 1 aliphatic rings. The van der Waals surface area contributed by atoms with Crippen molar-refractivity contribution in [3.05, 3.63) is 33.9 Å². The predicted molar refractivity (Wildman–Crippen MR) is 77.6 cm³/mol. The van der Waals surface area contributed by atoms with E-state index in [1.54, 1.807) is 12.1 Å². The Hall–Kier alpha value is -1.27. The maximum absolute atomic E-state index is 11.0. The van der Waals surface area contributed by atoms with E-state index in [1.807, 2.05) is 11.8 Å². The zero-order chi connectivity index (χ0) is 13.8. The Morgan fingerprint density at radius 1 is 1.53 bits per heavy atom. The van der Waals surface area contributed by atoms with E-state index in [-0.39, 0.29) is 23.3 Å². The summed E-state index contributed by atoms with van der Waals surface area (Å²) in [4.78, 5) is 10.6. The van der Waals surface area contributed by atoms with Crippen LogP contribution in [0.15, 0.2) is 18.2 Å². The number of rotatable bonds is 5. The first-order valence-electron chi connectivity index (χ1n) is 6.31. The Kier molecular flexibility index (Phi) is 4.66. The number of anilines is 1. The Bertz CT molecular complexity index is 467. The minimum Gasteiger partial charge on any atom is -0.392 e. The molecule has 0 radical (unpaired) electrons. The molecule has 0 spiro atoms. The van der Waals surface area contributed by atoms with Gasteiger partial charge in [-0.15, -0.1) is 0 Å². The van der Waals surface area contributed by atoms with Gasteiger partial charge in [0, 0.05) is 17.4 Å². The summed E-state index contributed by atoms with van der Waals surface area (Å²) >= 11 is 1.85. The molecule has 1 aromatic rings. The highest BCUT2D eigenvalue weighted by atomic mass is 32.2. The van der Waals surface area contributed by atoms with Crippen LogP contribution in [-0.4, -0.2) is 27.6 Å². The lowest BCUT2D eigenvalue weighted by Gasteiger charge is -2.15. The third-order valence-electron chi connectivity index (χ3n) is 3.52. The van der Waals surface area contributed by atoms with Crippen LogP contribution >= 0.6 is 11.8 Å². The molecular weight excluding hydrogens is 264 g/mol. The first-order chi connectivity index (χ1) is 9.13. The first-order valence-corrected chi connectivity index (χ1v) is 7.60. The van der Waals surface area contributed by atoms with E-state index < -0.39 is 0 Å². The number of nitrogens with zero attached hydrogens (tertiary/aromatic N) is 1. The first kappa shape index (κ1) is 14.1. The smallest absolute Gasteiger partial charge is 0.292 e. The number of hydrogen-bond acceptors (Lipinski definition) is 5. The average molecular weight is 282 g/mol. The minimum absolute atomic E-state index is 0.0739. The molecule has 104 valence electrons. The third kappa shape index (κ3) is 3.39. The molecule has 2 atom stereocenters. The Morgan fingerprint density at radius 2 is 2.32 bits per heavy atom. The Balaban J connectivity index is 2.16. The molecule has 0 saturated heterocycles. The molecule has 2 N–H and O–H groups in total. The summed E-state index contributed by atoms with van der Waals surface area (Å²) in [5.74, 6) is 0. The van der Waals surface area contributed by atoms with Gasteiger partial charge in [-0.25, -0.2) is 0 Å². The molecule has 1 aromatic carbocycles. The van der Waals surface area contributed by atoms with Gasteiger partial charge in [0.05, 0.1) is 11.5 Å². The number of hydrogen-bond donors (Lipinski definition) is 2. The van der Waals surface area contributed by atoms with Crippen LogP contribution in [0.4, 0.5) is 11.4 Å². The monoisotopic (exact) mass is 282 g/mol. The molecule has 0 aliphatic heterocycles. The quantitative estimate of drug-likeness (QED) is 0.641. The maximum Gasteiger partial charge on any atom is 0.292 e. The molecule has 1 fully saturated rings. The lowest BCUT2D eigenvalue weighted by molar-refractivity contribution is -0.384. The lowest BCUT2D eigenvalue weighted by atomic mass is 10.1. The summed E-state index contributed by atoms with van der Waals surface area (Å²) in [6.45, 7) is -0.106. The van der Waals surface area contributed by atoms with E-state index in [0.29, 0.717) is 16.5 Å². The van der Waals surface area contributed by atoms with E-state index in [0.717, 1.165) is 19.3 Å². The molecule has 19 heavy (non-hydrogen) atoms. The van der Waals surface area contributed by atoms with Gasteiger partial charge in [0.25, 0.3) is 5.69 Å². The fourth-order valence-corrected chi connectivity index (χ4v) is 3.26. The number of nitro groups is 1. The van der Waals surface area contributed by atoms with Crippen LogP contribution in [0.25, 0.3) is 0 Å². The summed E-state index contributed by atoms with van der Waals surface area (Å²) in [5, 5.41) is 24.0. The van der Waals surface area contributed by atoms with Crippen LogP contribution in [0.3, 0.4) is 0 Å². The number of thioether (sulfide) groups is 1. The van der Waals surface area contributed by atoms with Crippen molar-refractivity contribution < 1.29 is 10.0 Å². The van der Waals surface area contributed by atoms with Crippen LogP contribution in [0.5, 0.6) is 0 Å². The van der Waals surface area contributed by atoms with Gasteiger partial charge in [-0.1, -0.05) is 0 Å². The van der Waals surface area contributed by atoms with Crippen LogP contribution in [0, 0.1) is 10.1 Å². The molecule has 0 aromatic heterocycles. The van der Waals surface area contributed by atoms with Crippen LogP contribution < -0.4 is 5.32 Å². The second-order valence-electron chi connectivity index (χ2n) is 4.78. The SMILES string of the molecule is CSC1CCC(Nc2cc(CO)ccc2[N+](=O)[O-])C1. The summed E-state index contributed by atoms with van der Waals surface area (Å²) in [5.41, 5.74) is 1.28. The standard InChI is InChI=1S/C13H18N2O3S/c1-19-11-4-3-10(7-11)14-12-6-9(8-16)2-5-13(12)15(17)18/h2,5-6,10-11,14,16H,3-4,7-8H2,1H3. The fourth-order valence-electron chi connectivity index (χ4n) is 2.46. The molecule has 6 heteroatoms.